The number of carbonyl (C=O) groups is 2. The third-order valence-corrected chi connectivity index (χ3v) is 3.61. The zero-order valence-electron chi connectivity index (χ0n) is 10.1. The fourth-order valence-electron chi connectivity index (χ4n) is 1.34. The van der Waals surface area contributed by atoms with E-state index in [1.165, 1.54) is 4.90 Å². The van der Waals surface area contributed by atoms with Gasteiger partial charge in [-0.15, -0.1) is 0 Å². The van der Waals surface area contributed by atoms with Crippen LogP contribution in [-0.2, 0) is 9.53 Å². The van der Waals surface area contributed by atoms with Gasteiger partial charge in [0.15, 0.2) is 0 Å². The molecule has 0 aliphatic heterocycles. The molecule has 0 heterocycles. The molecule has 0 fully saturated rings. The van der Waals surface area contributed by atoms with Crippen molar-refractivity contribution in [2.75, 3.05) is 20.2 Å². The molecule has 0 atom stereocenters. The first-order chi connectivity index (χ1) is 8.45. The van der Waals surface area contributed by atoms with Crippen LogP contribution < -0.4 is 0 Å². The third-order valence-electron chi connectivity index (χ3n) is 2.18. The minimum atomic E-state index is -0.404. The largest absolute Gasteiger partial charge is 0.465 e. The highest BCUT2D eigenvalue weighted by atomic mass is 127. The van der Waals surface area contributed by atoms with Crippen LogP contribution in [-0.4, -0.2) is 37.0 Å². The van der Waals surface area contributed by atoms with Crippen molar-refractivity contribution >= 4 is 50.4 Å². The van der Waals surface area contributed by atoms with Gasteiger partial charge in [-0.2, -0.15) is 0 Å². The summed E-state index contributed by atoms with van der Waals surface area (Å²) in [5, 5.41) is 0. The number of rotatable bonds is 4. The van der Waals surface area contributed by atoms with Crippen LogP contribution in [0.15, 0.2) is 22.7 Å². The molecule has 1 aromatic rings. The average molecular weight is 426 g/mol. The summed E-state index contributed by atoms with van der Waals surface area (Å²) in [7, 11) is 1.58. The van der Waals surface area contributed by atoms with Crippen molar-refractivity contribution in [2.45, 2.75) is 6.92 Å². The van der Waals surface area contributed by atoms with Gasteiger partial charge in [-0.05, 0) is 47.7 Å². The average Bonchev–Trinajstić information content (AvgIpc) is 2.31. The van der Waals surface area contributed by atoms with Crippen LogP contribution in [0.1, 0.15) is 17.3 Å². The first kappa shape index (κ1) is 15.4. The second-order valence-electron chi connectivity index (χ2n) is 3.59. The van der Waals surface area contributed by atoms with E-state index >= 15 is 0 Å². The highest BCUT2D eigenvalue weighted by Crippen LogP contribution is 2.19. The van der Waals surface area contributed by atoms with Crippen molar-refractivity contribution in [3.63, 3.8) is 0 Å². The molecule has 4 nitrogen and oxygen atoms in total. The molecule has 6 heteroatoms. The molecule has 0 N–H and O–H groups in total. The molecular formula is C12H13BrINO3. The molecule has 1 rings (SSSR count). The molecule has 0 aliphatic rings. The van der Waals surface area contributed by atoms with Crippen LogP contribution in [0.5, 0.6) is 0 Å². The van der Waals surface area contributed by atoms with E-state index in [0.717, 1.165) is 8.04 Å². The summed E-state index contributed by atoms with van der Waals surface area (Å²) in [4.78, 5) is 24.8. The molecule has 0 unspecified atom stereocenters. The number of benzene rings is 1. The SMILES string of the molecule is CCOC(=O)CN(C)C(=O)c1cc(Br)ccc1I. The van der Waals surface area contributed by atoms with Gasteiger partial charge in [-0.3, -0.25) is 9.59 Å². The molecule has 0 radical (unpaired) electrons. The van der Waals surface area contributed by atoms with Crippen molar-refractivity contribution < 1.29 is 14.3 Å². The van der Waals surface area contributed by atoms with Crippen molar-refractivity contribution in [1.29, 1.82) is 0 Å². The topological polar surface area (TPSA) is 46.6 Å². The van der Waals surface area contributed by atoms with E-state index in [-0.39, 0.29) is 12.5 Å². The predicted octanol–water partition coefficient (Wildman–Crippen LogP) is 2.69. The molecule has 98 valence electrons. The Hall–Kier alpha value is -0.630. The zero-order valence-corrected chi connectivity index (χ0v) is 13.8. The third kappa shape index (κ3) is 4.24. The highest BCUT2D eigenvalue weighted by molar-refractivity contribution is 14.1. The van der Waals surface area contributed by atoms with Crippen LogP contribution >= 0.6 is 38.5 Å². The summed E-state index contributed by atoms with van der Waals surface area (Å²) in [6.07, 6.45) is 0. The minimum Gasteiger partial charge on any atom is -0.465 e. The van der Waals surface area contributed by atoms with Gasteiger partial charge < -0.3 is 9.64 Å². The second kappa shape index (κ2) is 7.08. The Morgan fingerprint density at radius 1 is 1.44 bits per heavy atom. The quantitative estimate of drug-likeness (QED) is 0.550. The van der Waals surface area contributed by atoms with Crippen molar-refractivity contribution in [1.82, 2.24) is 4.90 Å². The Morgan fingerprint density at radius 3 is 2.72 bits per heavy atom. The lowest BCUT2D eigenvalue weighted by Gasteiger charge is -2.17. The fraction of sp³-hybridized carbons (Fsp3) is 0.333. The van der Waals surface area contributed by atoms with E-state index in [4.69, 9.17) is 4.74 Å². The molecule has 0 aromatic heterocycles. The maximum absolute atomic E-state index is 12.1. The van der Waals surface area contributed by atoms with Crippen LogP contribution in [0, 0.1) is 3.57 Å². The summed E-state index contributed by atoms with van der Waals surface area (Å²) < 4.78 is 6.48. The molecule has 0 aliphatic carbocycles. The first-order valence-electron chi connectivity index (χ1n) is 5.31. The van der Waals surface area contributed by atoms with E-state index in [0.29, 0.717) is 12.2 Å². The molecule has 18 heavy (non-hydrogen) atoms. The molecule has 0 saturated heterocycles. The Bertz CT molecular complexity index is 465. The maximum atomic E-state index is 12.1. The maximum Gasteiger partial charge on any atom is 0.325 e. The Morgan fingerprint density at radius 2 is 2.11 bits per heavy atom. The van der Waals surface area contributed by atoms with Crippen molar-refractivity contribution in [3.05, 3.63) is 31.8 Å². The summed E-state index contributed by atoms with van der Waals surface area (Å²) >= 11 is 5.42. The van der Waals surface area contributed by atoms with Crippen LogP contribution in [0.25, 0.3) is 0 Å². The van der Waals surface area contributed by atoms with Gasteiger partial charge >= 0.3 is 5.97 Å². The van der Waals surface area contributed by atoms with Gasteiger partial charge in [0.25, 0.3) is 5.91 Å². The molecule has 0 bridgehead atoms. The number of amides is 1. The Balaban J connectivity index is 2.80. The van der Waals surface area contributed by atoms with E-state index in [1.54, 1.807) is 20.0 Å². The van der Waals surface area contributed by atoms with Crippen LogP contribution in [0.4, 0.5) is 0 Å². The van der Waals surface area contributed by atoms with Crippen molar-refractivity contribution in [2.24, 2.45) is 0 Å². The summed E-state index contributed by atoms with van der Waals surface area (Å²) in [6, 6.07) is 5.45. The smallest absolute Gasteiger partial charge is 0.325 e. The number of likely N-dealkylation sites (N-methyl/N-ethyl adjacent to an activating group) is 1. The number of hydrogen-bond acceptors (Lipinski definition) is 3. The molecular weight excluding hydrogens is 413 g/mol. The van der Waals surface area contributed by atoms with Crippen LogP contribution in [0.2, 0.25) is 0 Å². The van der Waals surface area contributed by atoms with Gasteiger partial charge in [0.05, 0.1) is 12.2 Å². The van der Waals surface area contributed by atoms with Gasteiger partial charge in [0.2, 0.25) is 0 Å². The summed E-state index contributed by atoms with van der Waals surface area (Å²) in [5.74, 6) is -0.605. The molecule has 0 spiro atoms. The monoisotopic (exact) mass is 425 g/mol. The lowest BCUT2D eigenvalue weighted by Crippen LogP contribution is -2.33. The van der Waals surface area contributed by atoms with E-state index < -0.39 is 5.97 Å². The normalized spacial score (nSPS) is 10.0. The number of carbonyl (C=O) groups excluding carboxylic acids is 2. The second-order valence-corrected chi connectivity index (χ2v) is 5.67. The molecule has 0 saturated carbocycles. The van der Waals surface area contributed by atoms with Gasteiger partial charge in [0.1, 0.15) is 6.54 Å². The fourth-order valence-corrected chi connectivity index (χ4v) is 2.27. The summed E-state index contributed by atoms with van der Waals surface area (Å²) in [6.45, 7) is 2.00. The van der Waals surface area contributed by atoms with Crippen molar-refractivity contribution in [3.8, 4) is 0 Å². The number of esters is 1. The standard InChI is InChI=1S/C12H13BrINO3/c1-3-18-11(16)7-15(2)12(17)9-6-8(13)4-5-10(9)14/h4-6H,3,7H2,1-2H3. The van der Waals surface area contributed by atoms with Gasteiger partial charge in [-0.1, -0.05) is 15.9 Å². The van der Waals surface area contributed by atoms with Gasteiger partial charge in [0, 0.05) is 15.1 Å². The number of halogens is 2. The Labute approximate surface area is 128 Å². The van der Waals surface area contributed by atoms with E-state index in [9.17, 15) is 9.59 Å². The highest BCUT2D eigenvalue weighted by Gasteiger charge is 2.18. The van der Waals surface area contributed by atoms with Gasteiger partial charge in [-0.25, -0.2) is 0 Å². The lowest BCUT2D eigenvalue weighted by atomic mass is 10.2. The molecule has 1 aromatic carbocycles. The molecule has 1 amide bonds. The number of hydrogen-bond donors (Lipinski definition) is 0. The predicted molar refractivity (Wildman–Crippen MR) is 80.5 cm³/mol. The van der Waals surface area contributed by atoms with E-state index in [1.807, 2.05) is 12.1 Å². The van der Waals surface area contributed by atoms with E-state index in [2.05, 4.69) is 38.5 Å². The summed E-state index contributed by atoms with van der Waals surface area (Å²) in [5.41, 5.74) is 0.566. The number of nitrogens with zero attached hydrogens (tertiary/aromatic N) is 1. The lowest BCUT2D eigenvalue weighted by molar-refractivity contribution is -0.143. The first-order valence-corrected chi connectivity index (χ1v) is 7.19. The van der Waals surface area contributed by atoms with Crippen LogP contribution in [0.3, 0.4) is 0 Å². The Kier molecular flexibility index (Phi) is 6.07. The number of ether oxygens (including phenoxy) is 1. The zero-order chi connectivity index (χ0) is 13.7. The minimum absolute atomic E-state index is 0.0464.